The van der Waals surface area contributed by atoms with Gasteiger partial charge in [-0.2, -0.15) is 0 Å². The first-order chi connectivity index (χ1) is 18.7. The summed E-state index contributed by atoms with van der Waals surface area (Å²) in [5, 5.41) is 15.3. The third-order valence-electron chi connectivity index (χ3n) is 6.30. The summed E-state index contributed by atoms with van der Waals surface area (Å²) in [4.78, 5) is 39.6. The molecule has 1 aliphatic carbocycles. The van der Waals surface area contributed by atoms with Crippen LogP contribution in [0.25, 0.3) is 0 Å². The van der Waals surface area contributed by atoms with Gasteiger partial charge in [0.25, 0.3) is 5.91 Å². The van der Waals surface area contributed by atoms with Gasteiger partial charge in [0.2, 0.25) is 5.91 Å². The summed E-state index contributed by atoms with van der Waals surface area (Å²) in [6, 6.07) is 4.65. The van der Waals surface area contributed by atoms with E-state index in [9.17, 15) is 14.4 Å². The fourth-order valence-corrected chi connectivity index (χ4v) is 6.81. The molecular weight excluding hydrogens is 581 g/mol. The molecule has 0 radical (unpaired) electrons. The van der Waals surface area contributed by atoms with Crippen LogP contribution in [0.2, 0.25) is 10.0 Å². The molecule has 1 aromatic carbocycles. The zero-order valence-corrected chi connectivity index (χ0v) is 25.0. The maximum Gasteiger partial charge on any atom is 0.341 e. The average molecular weight is 611 g/mol. The number of aryl methyl sites for hydroxylation is 1. The van der Waals surface area contributed by atoms with Crippen molar-refractivity contribution in [2.75, 3.05) is 11.9 Å². The molecule has 9 nitrogen and oxygen atoms in total. The summed E-state index contributed by atoms with van der Waals surface area (Å²) in [5.41, 5.74) is 1.80. The molecule has 1 atom stereocenters. The van der Waals surface area contributed by atoms with Crippen molar-refractivity contribution in [3.63, 3.8) is 0 Å². The number of hydrogen-bond acceptors (Lipinski definition) is 8. The molecule has 2 N–H and O–H groups in total. The van der Waals surface area contributed by atoms with Crippen LogP contribution in [0.3, 0.4) is 0 Å². The van der Waals surface area contributed by atoms with E-state index in [1.165, 1.54) is 29.2 Å². The van der Waals surface area contributed by atoms with E-state index in [1.54, 1.807) is 37.6 Å². The topological polar surface area (TPSA) is 115 Å². The first kappa shape index (κ1) is 29.4. The molecule has 1 aliphatic rings. The Balaban J connectivity index is 1.41. The average Bonchev–Trinajstić information content (AvgIpc) is 3.31. The molecule has 0 bridgehead atoms. The lowest BCUT2D eigenvalue weighted by Crippen LogP contribution is -2.25. The van der Waals surface area contributed by atoms with E-state index in [-0.39, 0.29) is 30.0 Å². The van der Waals surface area contributed by atoms with Gasteiger partial charge in [-0.1, -0.05) is 41.4 Å². The lowest BCUT2D eigenvalue weighted by Gasteiger charge is -2.12. The minimum Gasteiger partial charge on any atom is -0.462 e. The highest BCUT2D eigenvalue weighted by molar-refractivity contribution is 8.00. The Kier molecular flexibility index (Phi) is 9.92. The predicted molar refractivity (Wildman–Crippen MR) is 154 cm³/mol. The van der Waals surface area contributed by atoms with E-state index in [2.05, 4.69) is 20.8 Å². The van der Waals surface area contributed by atoms with Crippen molar-refractivity contribution in [1.29, 1.82) is 0 Å². The second kappa shape index (κ2) is 13.2. The van der Waals surface area contributed by atoms with Crippen LogP contribution in [-0.2, 0) is 36.0 Å². The number of carbonyl (C=O) groups is 3. The van der Waals surface area contributed by atoms with E-state index < -0.39 is 11.2 Å². The Labute approximate surface area is 245 Å². The molecule has 0 saturated heterocycles. The number of halogens is 2. The van der Waals surface area contributed by atoms with E-state index >= 15 is 0 Å². The van der Waals surface area contributed by atoms with Gasteiger partial charge >= 0.3 is 5.97 Å². The molecule has 2 amide bonds. The van der Waals surface area contributed by atoms with Gasteiger partial charge in [0.05, 0.1) is 34.6 Å². The van der Waals surface area contributed by atoms with Gasteiger partial charge < -0.3 is 19.9 Å². The first-order valence-electron chi connectivity index (χ1n) is 12.6. The number of amides is 2. The number of fused-ring (bicyclic) bond motifs is 1. The van der Waals surface area contributed by atoms with Crippen LogP contribution in [0.1, 0.15) is 70.1 Å². The van der Waals surface area contributed by atoms with Crippen LogP contribution in [0.5, 0.6) is 0 Å². The monoisotopic (exact) mass is 609 g/mol. The van der Waals surface area contributed by atoms with Gasteiger partial charge in [-0.05, 0) is 63.3 Å². The molecule has 0 unspecified atom stereocenters. The van der Waals surface area contributed by atoms with Crippen LogP contribution >= 0.6 is 46.3 Å². The van der Waals surface area contributed by atoms with Crippen molar-refractivity contribution in [2.45, 2.75) is 62.9 Å². The molecule has 0 aliphatic heterocycles. The minimum absolute atomic E-state index is 0.117. The summed E-state index contributed by atoms with van der Waals surface area (Å²) in [6.07, 6.45) is 4.91. The zero-order chi connectivity index (χ0) is 28.1. The first-order valence-corrected chi connectivity index (χ1v) is 15.1. The predicted octanol–water partition coefficient (Wildman–Crippen LogP) is 5.68. The fourth-order valence-electron chi connectivity index (χ4n) is 4.20. The molecule has 13 heteroatoms. The molecule has 39 heavy (non-hydrogen) atoms. The number of rotatable bonds is 9. The normalized spacial score (nSPS) is 13.8. The number of ether oxygens (including phenoxy) is 1. The van der Waals surface area contributed by atoms with E-state index in [0.717, 1.165) is 42.5 Å². The molecule has 2 heterocycles. The Bertz CT molecular complexity index is 1390. The van der Waals surface area contributed by atoms with Gasteiger partial charge in [-0.25, -0.2) is 4.79 Å². The number of thiophene rings is 1. The summed E-state index contributed by atoms with van der Waals surface area (Å²) in [7, 11) is 1.76. The quantitative estimate of drug-likeness (QED) is 0.182. The number of hydrogen-bond donors (Lipinski definition) is 2. The molecule has 4 rings (SSSR count). The van der Waals surface area contributed by atoms with Crippen LogP contribution in [0.15, 0.2) is 23.4 Å². The molecule has 2 aromatic heterocycles. The standard InChI is InChI=1S/C26H29Cl2N5O4S2/c1-4-37-25(36)21-17-8-6-5-7-9-19(17)39-24(21)30-22(34)14(2)38-26-32-31-20(33(26)3)13-29-23(35)16-11-10-15(27)12-18(16)28/h10-12,14H,4-9,13H2,1-3H3,(H,29,35)(H,30,34)/t14-/m1/s1. The summed E-state index contributed by atoms with van der Waals surface area (Å²) < 4.78 is 7.03. The highest BCUT2D eigenvalue weighted by Gasteiger charge is 2.28. The maximum absolute atomic E-state index is 13.2. The number of esters is 1. The number of anilines is 1. The van der Waals surface area contributed by atoms with Crippen LogP contribution in [0, 0.1) is 0 Å². The summed E-state index contributed by atoms with van der Waals surface area (Å²) >= 11 is 14.7. The van der Waals surface area contributed by atoms with Crippen molar-refractivity contribution in [3.8, 4) is 0 Å². The van der Waals surface area contributed by atoms with Crippen molar-refractivity contribution >= 4 is 69.1 Å². The fraction of sp³-hybridized carbons (Fsp3) is 0.423. The molecular formula is C26H29Cl2N5O4S2. The Morgan fingerprint density at radius 2 is 1.95 bits per heavy atom. The Hall–Kier alpha value is -2.60. The summed E-state index contributed by atoms with van der Waals surface area (Å²) in [5.74, 6) is -0.506. The van der Waals surface area contributed by atoms with Crippen molar-refractivity contribution in [1.82, 2.24) is 20.1 Å². The van der Waals surface area contributed by atoms with E-state index in [0.29, 0.717) is 32.1 Å². The molecule has 0 saturated carbocycles. The minimum atomic E-state index is -0.528. The van der Waals surface area contributed by atoms with Crippen molar-refractivity contribution < 1.29 is 19.1 Å². The van der Waals surface area contributed by atoms with Gasteiger partial charge in [0.15, 0.2) is 11.0 Å². The maximum atomic E-state index is 13.2. The van der Waals surface area contributed by atoms with Crippen LogP contribution in [0.4, 0.5) is 5.00 Å². The van der Waals surface area contributed by atoms with Crippen molar-refractivity contribution in [3.05, 3.63) is 55.6 Å². The number of nitrogens with one attached hydrogen (secondary N) is 2. The highest BCUT2D eigenvalue weighted by atomic mass is 35.5. The largest absolute Gasteiger partial charge is 0.462 e. The third-order valence-corrected chi connectivity index (χ3v) is 9.19. The summed E-state index contributed by atoms with van der Waals surface area (Å²) in [6.45, 7) is 3.92. The van der Waals surface area contributed by atoms with Crippen LogP contribution < -0.4 is 10.6 Å². The highest BCUT2D eigenvalue weighted by Crippen LogP contribution is 2.38. The van der Waals surface area contributed by atoms with Crippen molar-refractivity contribution in [2.24, 2.45) is 7.05 Å². The van der Waals surface area contributed by atoms with Crippen LogP contribution in [-0.4, -0.2) is 44.4 Å². The molecule has 3 aromatic rings. The second-order valence-corrected chi connectivity index (χ2v) is 12.3. The second-order valence-electron chi connectivity index (χ2n) is 9.00. The Morgan fingerprint density at radius 3 is 2.69 bits per heavy atom. The van der Waals surface area contributed by atoms with Gasteiger partial charge in [-0.3, -0.25) is 9.59 Å². The SMILES string of the molecule is CCOC(=O)c1c(NC(=O)[C@@H](C)Sc2nnc(CNC(=O)c3ccc(Cl)cc3Cl)n2C)sc2c1CCCCC2. The number of thioether (sulfide) groups is 1. The van der Waals surface area contributed by atoms with Gasteiger partial charge in [0, 0.05) is 16.9 Å². The molecule has 0 fully saturated rings. The molecule has 0 spiro atoms. The number of benzene rings is 1. The number of aromatic nitrogens is 3. The lowest BCUT2D eigenvalue weighted by molar-refractivity contribution is -0.115. The zero-order valence-electron chi connectivity index (χ0n) is 21.8. The Morgan fingerprint density at radius 1 is 1.18 bits per heavy atom. The van der Waals surface area contributed by atoms with Gasteiger partial charge in [0.1, 0.15) is 5.00 Å². The van der Waals surface area contributed by atoms with Gasteiger partial charge in [-0.15, -0.1) is 21.5 Å². The smallest absolute Gasteiger partial charge is 0.341 e. The third kappa shape index (κ3) is 6.95. The van der Waals surface area contributed by atoms with E-state index in [4.69, 9.17) is 27.9 Å². The number of carbonyl (C=O) groups excluding carboxylic acids is 3. The number of nitrogens with zero attached hydrogens (tertiary/aromatic N) is 3. The van der Waals surface area contributed by atoms with E-state index in [1.807, 2.05) is 0 Å². The lowest BCUT2D eigenvalue weighted by atomic mass is 10.1. The molecule has 208 valence electrons.